The van der Waals surface area contributed by atoms with Gasteiger partial charge in [0, 0.05) is 10.7 Å². The van der Waals surface area contributed by atoms with E-state index in [9.17, 15) is 8.42 Å². The van der Waals surface area contributed by atoms with Gasteiger partial charge in [-0.25, -0.2) is 8.42 Å². The standard InChI is InChI=1S/C17H13ClO3S/c18-22(19,20)17-9-7-14-6-8-16(10-15(14)11-17)21-12-13-4-2-1-3-5-13/h1-11H,12H2. The topological polar surface area (TPSA) is 43.4 Å². The van der Waals surface area contributed by atoms with Gasteiger partial charge in [-0.1, -0.05) is 42.5 Å². The van der Waals surface area contributed by atoms with E-state index in [1.54, 1.807) is 12.1 Å². The Morgan fingerprint density at radius 2 is 1.59 bits per heavy atom. The van der Waals surface area contributed by atoms with Crippen LogP contribution in [0.4, 0.5) is 0 Å². The summed E-state index contributed by atoms with van der Waals surface area (Å²) in [7, 11) is 1.65. The van der Waals surface area contributed by atoms with E-state index in [2.05, 4.69) is 0 Å². The third-order valence-corrected chi connectivity index (χ3v) is 4.66. The Morgan fingerprint density at radius 3 is 2.32 bits per heavy atom. The third-order valence-electron chi connectivity index (χ3n) is 3.31. The van der Waals surface area contributed by atoms with E-state index in [0.29, 0.717) is 12.4 Å². The molecular weight excluding hydrogens is 320 g/mol. The Labute approximate surface area is 133 Å². The van der Waals surface area contributed by atoms with Crippen LogP contribution in [-0.2, 0) is 15.7 Å². The molecule has 3 aromatic carbocycles. The second kappa shape index (κ2) is 5.99. The number of rotatable bonds is 4. The maximum Gasteiger partial charge on any atom is 0.261 e. The Kier molecular flexibility index (Phi) is 4.05. The molecule has 0 aliphatic heterocycles. The summed E-state index contributed by atoms with van der Waals surface area (Å²) in [5, 5.41) is 1.70. The second-order valence-corrected chi connectivity index (χ2v) is 7.45. The Hall–Kier alpha value is -2.04. The second-order valence-electron chi connectivity index (χ2n) is 4.88. The molecule has 5 heteroatoms. The fourth-order valence-corrected chi connectivity index (χ4v) is 2.97. The highest BCUT2D eigenvalue weighted by molar-refractivity contribution is 8.13. The molecular formula is C17H13ClO3S. The van der Waals surface area contributed by atoms with Crippen molar-refractivity contribution in [3.05, 3.63) is 72.3 Å². The minimum Gasteiger partial charge on any atom is -0.489 e. The summed E-state index contributed by atoms with van der Waals surface area (Å²) in [4.78, 5) is 0.0851. The number of ether oxygens (including phenoxy) is 1. The summed E-state index contributed by atoms with van der Waals surface area (Å²) >= 11 is 0. The largest absolute Gasteiger partial charge is 0.489 e. The van der Waals surface area contributed by atoms with Crippen LogP contribution in [0.25, 0.3) is 10.8 Å². The molecule has 0 atom stereocenters. The minimum absolute atomic E-state index is 0.0851. The van der Waals surface area contributed by atoms with Crippen LogP contribution in [0.3, 0.4) is 0 Å². The summed E-state index contributed by atoms with van der Waals surface area (Å²) in [6, 6.07) is 20.2. The average Bonchev–Trinajstić information content (AvgIpc) is 2.52. The average molecular weight is 333 g/mol. The van der Waals surface area contributed by atoms with Crippen LogP contribution >= 0.6 is 10.7 Å². The van der Waals surface area contributed by atoms with E-state index in [0.717, 1.165) is 16.3 Å². The maximum atomic E-state index is 11.4. The van der Waals surface area contributed by atoms with Crippen molar-refractivity contribution < 1.29 is 13.2 Å². The molecule has 3 nitrogen and oxygen atoms in total. The van der Waals surface area contributed by atoms with E-state index < -0.39 is 9.05 Å². The van der Waals surface area contributed by atoms with Gasteiger partial charge in [0.15, 0.2) is 0 Å². The van der Waals surface area contributed by atoms with Crippen molar-refractivity contribution in [2.75, 3.05) is 0 Å². The van der Waals surface area contributed by atoms with Crippen molar-refractivity contribution in [1.29, 1.82) is 0 Å². The van der Waals surface area contributed by atoms with Gasteiger partial charge in [-0.15, -0.1) is 0 Å². The summed E-state index contributed by atoms with van der Waals surface area (Å²) in [6.07, 6.45) is 0. The zero-order valence-corrected chi connectivity index (χ0v) is 13.1. The molecule has 0 radical (unpaired) electrons. The fraction of sp³-hybridized carbons (Fsp3) is 0.0588. The van der Waals surface area contributed by atoms with E-state index in [1.165, 1.54) is 6.07 Å². The van der Waals surface area contributed by atoms with Crippen LogP contribution in [0, 0.1) is 0 Å². The molecule has 3 aromatic rings. The Morgan fingerprint density at radius 1 is 0.864 bits per heavy atom. The number of halogens is 1. The molecule has 0 aromatic heterocycles. The van der Waals surface area contributed by atoms with Crippen molar-refractivity contribution in [2.24, 2.45) is 0 Å². The number of fused-ring (bicyclic) bond motifs is 1. The van der Waals surface area contributed by atoms with Crippen molar-refractivity contribution in [3.63, 3.8) is 0 Å². The molecule has 0 spiro atoms. The minimum atomic E-state index is -3.73. The number of benzene rings is 3. The molecule has 0 aliphatic rings. The Balaban J connectivity index is 1.88. The van der Waals surface area contributed by atoms with Crippen molar-refractivity contribution >= 4 is 30.5 Å². The molecule has 0 saturated carbocycles. The Bertz CT molecular complexity index is 906. The van der Waals surface area contributed by atoms with E-state index in [-0.39, 0.29) is 4.90 Å². The van der Waals surface area contributed by atoms with Gasteiger partial charge in [-0.2, -0.15) is 0 Å². The van der Waals surface area contributed by atoms with Crippen LogP contribution < -0.4 is 4.74 Å². The van der Waals surface area contributed by atoms with Crippen molar-refractivity contribution in [3.8, 4) is 5.75 Å². The van der Waals surface area contributed by atoms with Gasteiger partial charge in [0.2, 0.25) is 0 Å². The van der Waals surface area contributed by atoms with E-state index >= 15 is 0 Å². The fourth-order valence-electron chi connectivity index (χ4n) is 2.19. The molecule has 22 heavy (non-hydrogen) atoms. The first-order valence-electron chi connectivity index (χ1n) is 6.67. The lowest BCUT2D eigenvalue weighted by Crippen LogP contribution is -1.95. The molecule has 3 rings (SSSR count). The monoisotopic (exact) mass is 332 g/mol. The van der Waals surface area contributed by atoms with Crippen molar-refractivity contribution in [1.82, 2.24) is 0 Å². The van der Waals surface area contributed by atoms with Gasteiger partial charge in [0.25, 0.3) is 9.05 Å². The predicted octanol–water partition coefficient (Wildman–Crippen LogP) is 4.35. The molecule has 112 valence electrons. The number of hydrogen-bond donors (Lipinski definition) is 0. The van der Waals surface area contributed by atoms with Crippen LogP contribution in [0.2, 0.25) is 0 Å². The third kappa shape index (κ3) is 3.40. The quantitative estimate of drug-likeness (QED) is 0.667. The summed E-state index contributed by atoms with van der Waals surface area (Å²) in [5.74, 6) is 0.681. The molecule has 0 amide bonds. The van der Waals surface area contributed by atoms with Gasteiger partial charge in [0.05, 0.1) is 4.90 Å². The zero-order valence-electron chi connectivity index (χ0n) is 11.6. The van der Waals surface area contributed by atoms with Crippen molar-refractivity contribution in [2.45, 2.75) is 11.5 Å². The lowest BCUT2D eigenvalue weighted by Gasteiger charge is -2.08. The van der Waals surface area contributed by atoms with Gasteiger partial charge in [-0.05, 0) is 40.6 Å². The molecule has 0 heterocycles. The van der Waals surface area contributed by atoms with E-state index in [4.69, 9.17) is 15.4 Å². The first-order valence-corrected chi connectivity index (χ1v) is 8.98. The molecule has 0 saturated heterocycles. The highest BCUT2D eigenvalue weighted by Crippen LogP contribution is 2.25. The number of hydrogen-bond acceptors (Lipinski definition) is 3. The normalized spacial score (nSPS) is 11.5. The van der Waals surface area contributed by atoms with Gasteiger partial charge >= 0.3 is 0 Å². The molecule has 0 aliphatic carbocycles. The van der Waals surface area contributed by atoms with Crippen LogP contribution in [0.1, 0.15) is 5.56 Å². The lowest BCUT2D eigenvalue weighted by atomic mass is 10.1. The van der Waals surface area contributed by atoms with Gasteiger partial charge in [-0.3, -0.25) is 0 Å². The molecule has 0 unspecified atom stereocenters. The zero-order chi connectivity index (χ0) is 15.6. The van der Waals surface area contributed by atoms with Crippen LogP contribution in [0.5, 0.6) is 5.75 Å². The highest BCUT2D eigenvalue weighted by atomic mass is 35.7. The van der Waals surface area contributed by atoms with Crippen LogP contribution in [0.15, 0.2) is 71.6 Å². The smallest absolute Gasteiger partial charge is 0.261 e. The SMILES string of the molecule is O=S(=O)(Cl)c1ccc2ccc(OCc3ccccc3)cc2c1. The summed E-state index contributed by atoms with van der Waals surface area (Å²) < 4.78 is 28.6. The first kappa shape index (κ1) is 14.9. The molecule has 0 N–H and O–H groups in total. The predicted molar refractivity (Wildman–Crippen MR) is 87.8 cm³/mol. The summed E-state index contributed by atoms with van der Waals surface area (Å²) in [6.45, 7) is 0.458. The van der Waals surface area contributed by atoms with E-state index in [1.807, 2.05) is 48.5 Å². The van der Waals surface area contributed by atoms with Crippen LogP contribution in [-0.4, -0.2) is 8.42 Å². The first-order chi connectivity index (χ1) is 10.5. The molecule has 0 fully saturated rings. The van der Waals surface area contributed by atoms with Gasteiger partial charge in [0.1, 0.15) is 12.4 Å². The van der Waals surface area contributed by atoms with Gasteiger partial charge < -0.3 is 4.74 Å². The molecule has 0 bridgehead atoms. The maximum absolute atomic E-state index is 11.4. The summed E-state index contributed by atoms with van der Waals surface area (Å²) in [5.41, 5.74) is 1.07. The lowest BCUT2D eigenvalue weighted by molar-refractivity contribution is 0.306. The highest BCUT2D eigenvalue weighted by Gasteiger charge is 2.10.